The number of aromatic amines is 2. The topological polar surface area (TPSA) is 78.2 Å². The van der Waals surface area contributed by atoms with E-state index < -0.39 is 0 Å². The summed E-state index contributed by atoms with van der Waals surface area (Å²) in [5, 5.41) is 6.15. The fraction of sp³-hybridized carbons (Fsp3) is 0.375. The number of H-pyrrole nitrogens is 2. The van der Waals surface area contributed by atoms with Gasteiger partial charge in [-0.05, 0) is 24.6 Å². The molecule has 2 heterocycles. The van der Waals surface area contributed by atoms with Crippen molar-refractivity contribution in [1.29, 1.82) is 0 Å². The molecule has 128 valence electrons. The third-order valence-electron chi connectivity index (χ3n) is 4.15. The van der Waals surface area contributed by atoms with Crippen molar-refractivity contribution in [2.24, 2.45) is 0 Å². The lowest BCUT2D eigenvalue weighted by Gasteiger charge is -2.33. The normalized spacial score (nSPS) is 18.0. The average Bonchev–Trinajstić information content (AvgIpc) is 2.89. The molecule has 1 aromatic heterocycles. The minimum absolute atomic E-state index is 0.0682. The Kier molecular flexibility index (Phi) is 4.99. The van der Waals surface area contributed by atoms with E-state index in [-0.39, 0.29) is 24.0 Å². The van der Waals surface area contributed by atoms with Crippen molar-refractivity contribution >= 4 is 29.1 Å². The Balaban J connectivity index is 1.72. The van der Waals surface area contributed by atoms with Crippen LogP contribution >= 0.6 is 23.2 Å². The molecular formula is C16H17Cl2N3O3. The van der Waals surface area contributed by atoms with Gasteiger partial charge < -0.3 is 14.7 Å². The van der Waals surface area contributed by atoms with Gasteiger partial charge in [-0.1, -0.05) is 29.3 Å². The summed E-state index contributed by atoms with van der Waals surface area (Å²) >= 11 is 12.0. The zero-order valence-electron chi connectivity index (χ0n) is 13.1. The summed E-state index contributed by atoms with van der Waals surface area (Å²) in [7, 11) is 0. The van der Waals surface area contributed by atoms with E-state index in [2.05, 4.69) is 10.2 Å². The fourth-order valence-corrected chi connectivity index (χ4v) is 3.04. The second kappa shape index (κ2) is 7.01. The van der Waals surface area contributed by atoms with Crippen molar-refractivity contribution in [2.75, 3.05) is 19.7 Å². The van der Waals surface area contributed by atoms with Crippen molar-refractivity contribution < 1.29 is 9.53 Å². The van der Waals surface area contributed by atoms with Crippen molar-refractivity contribution in [3.63, 3.8) is 0 Å². The molecule has 1 atom stereocenters. The highest BCUT2D eigenvalue weighted by Crippen LogP contribution is 2.29. The van der Waals surface area contributed by atoms with Crippen LogP contribution in [0, 0.1) is 6.92 Å². The molecule has 3 rings (SSSR count). The van der Waals surface area contributed by atoms with Gasteiger partial charge in [-0.2, -0.15) is 0 Å². The monoisotopic (exact) mass is 369 g/mol. The number of ether oxygens (including phenoxy) is 1. The van der Waals surface area contributed by atoms with Crippen LogP contribution < -0.4 is 5.56 Å². The van der Waals surface area contributed by atoms with Crippen LogP contribution in [0.5, 0.6) is 0 Å². The number of aryl methyl sites for hydroxylation is 1. The molecule has 0 aliphatic carbocycles. The zero-order valence-corrected chi connectivity index (χ0v) is 14.6. The average molecular weight is 370 g/mol. The maximum absolute atomic E-state index is 12.5. The predicted octanol–water partition coefficient (Wildman–Crippen LogP) is 2.46. The lowest BCUT2D eigenvalue weighted by atomic mass is 10.1. The predicted molar refractivity (Wildman–Crippen MR) is 91.6 cm³/mol. The van der Waals surface area contributed by atoms with Crippen molar-refractivity contribution in [1.82, 2.24) is 15.1 Å². The molecule has 2 N–H and O–H groups in total. The summed E-state index contributed by atoms with van der Waals surface area (Å²) < 4.78 is 5.75. The molecule has 1 aliphatic rings. The highest BCUT2D eigenvalue weighted by Gasteiger charge is 2.26. The quantitative estimate of drug-likeness (QED) is 0.871. The number of nitrogens with zero attached hydrogens (tertiary/aromatic N) is 1. The Labute approximate surface area is 148 Å². The molecule has 1 fully saturated rings. The smallest absolute Gasteiger partial charge is 0.267 e. The molecule has 24 heavy (non-hydrogen) atoms. The van der Waals surface area contributed by atoms with Gasteiger partial charge in [-0.25, -0.2) is 0 Å². The maximum Gasteiger partial charge on any atom is 0.267 e. The Bertz CT molecular complexity index is 815. The Morgan fingerprint density at radius 3 is 2.79 bits per heavy atom. The summed E-state index contributed by atoms with van der Waals surface area (Å²) in [6.45, 7) is 3.10. The lowest BCUT2D eigenvalue weighted by Crippen LogP contribution is -2.43. The number of rotatable bonds is 3. The number of halogens is 2. The number of carbonyl (C=O) groups is 1. The van der Waals surface area contributed by atoms with E-state index in [9.17, 15) is 9.59 Å². The van der Waals surface area contributed by atoms with Crippen molar-refractivity contribution in [2.45, 2.75) is 19.4 Å². The molecule has 1 saturated heterocycles. The first kappa shape index (κ1) is 17.1. The van der Waals surface area contributed by atoms with Gasteiger partial charge in [0.1, 0.15) is 6.10 Å². The third kappa shape index (κ3) is 3.50. The zero-order chi connectivity index (χ0) is 17.3. The Morgan fingerprint density at radius 2 is 2.12 bits per heavy atom. The van der Waals surface area contributed by atoms with Crippen LogP contribution in [0.1, 0.15) is 22.9 Å². The number of nitrogens with one attached hydrogen (secondary N) is 2. The Hall–Kier alpha value is -1.76. The SMILES string of the molecule is Cc1[nH][nH]c(=O)c1CC(=O)N1CCO[C@@H](c2ccc(Cl)c(Cl)c2)C1. The van der Waals surface area contributed by atoms with Gasteiger partial charge in [-0.3, -0.25) is 14.7 Å². The third-order valence-corrected chi connectivity index (χ3v) is 4.89. The van der Waals surface area contributed by atoms with E-state index >= 15 is 0 Å². The summed E-state index contributed by atoms with van der Waals surface area (Å²) in [5.41, 5.74) is 1.77. The molecular weight excluding hydrogens is 353 g/mol. The van der Waals surface area contributed by atoms with Gasteiger partial charge in [-0.15, -0.1) is 0 Å². The van der Waals surface area contributed by atoms with Crippen LogP contribution in [0.4, 0.5) is 0 Å². The largest absolute Gasteiger partial charge is 0.370 e. The molecule has 0 spiro atoms. The van der Waals surface area contributed by atoms with E-state index in [1.807, 2.05) is 6.07 Å². The summed E-state index contributed by atoms with van der Waals surface area (Å²) in [4.78, 5) is 25.9. The lowest BCUT2D eigenvalue weighted by molar-refractivity contribution is -0.138. The highest BCUT2D eigenvalue weighted by molar-refractivity contribution is 6.42. The van der Waals surface area contributed by atoms with Gasteiger partial charge in [0.2, 0.25) is 5.91 Å². The first-order valence-corrected chi connectivity index (χ1v) is 8.31. The van der Waals surface area contributed by atoms with Crippen LogP contribution in [0.25, 0.3) is 0 Å². The Morgan fingerprint density at radius 1 is 1.33 bits per heavy atom. The summed E-state index contributed by atoms with van der Waals surface area (Å²) in [5.74, 6) is -0.100. The van der Waals surface area contributed by atoms with Gasteiger partial charge in [0.05, 0.1) is 29.6 Å². The van der Waals surface area contributed by atoms with Crippen LogP contribution in [0.3, 0.4) is 0 Å². The highest BCUT2D eigenvalue weighted by atomic mass is 35.5. The van der Waals surface area contributed by atoms with Crippen molar-refractivity contribution in [3.05, 3.63) is 55.4 Å². The van der Waals surface area contributed by atoms with E-state index in [1.54, 1.807) is 24.0 Å². The minimum Gasteiger partial charge on any atom is -0.370 e. The van der Waals surface area contributed by atoms with E-state index in [4.69, 9.17) is 27.9 Å². The van der Waals surface area contributed by atoms with Crippen LogP contribution in [-0.4, -0.2) is 40.7 Å². The molecule has 2 aromatic rings. The van der Waals surface area contributed by atoms with E-state index in [0.717, 1.165) is 5.56 Å². The van der Waals surface area contributed by atoms with Crippen LogP contribution in [0.15, 0.2) is 23.0 Å². The van der Waals surface area contributed by atoms with Gasteiger partial charge in [0, 0.05) is 17.8 Å². The molecule has 0 saturated carbocycles. The summed E-state index contributed by atoms with van der Waals surface area (Å²) in [6.07, 6.45) is -0.193. The molecule has 0 bridgehead atoms. The number of carbonyl (C=O) groups excluding carboxylic acids is 1. The molecule has 0 unspecified atom stereocenters. The molecule has 8 heteroatoms. The van der Waals surface area contributed by atoms with Gasteiger partial charge >= 0.3 is 0 Å². The minimum atomic E-state index is -0.261. The standard InChI is InChI=1S/C16H17Cl2N3O3/c1-9-11(16(23)20-19-9)7-15(22)21-4-5-24-14(8-21)10-2-3-12(17)13(18)6-10/h2-3,6,14H,4-5,7-8H2,1H3,(H2,19,20,23)/t14-/m1/s1. The van der Waals surface area contributed by atoms with Crippen LogP contribution in [-0.2, 0) is 16.0 Å². The van der Waals surface area contributed by atoms with Gasteiger partial charge in [0.25, 0.3) is 5.56 Å². The number of morpholine rings is 1. The van der Waals surface area contributed by atoms with Crippen LogP contribution in [0.2, 0.25) is 10.0 Å². The molecule has 1 aromatic carbocycles. The number of hydrogen-bond donors (Lipinski definition) is 2. The number of benzene rings is 1. The van der Waals surface area contributed by atoms with E-state index in [1.165, 1.54) is 0 Å². The number of aromatic nitrogens is 2. The second-order valence-corrected chi connectivity index (χ2v) is 6.55. The van der Waals surface area contributed by atoms with E-state index in [0.29, 0.717) is 41.0 Å². The number of amides is 1. The van der Waals surface area contributed by atoms with Crippen molar-refractivity contribution in [3.8, 4) is 0 Å². The molecule has 0 radical (unpaired) electrons. The number of hydrogen-bond acceptors (Lipinski definition) is 3. The van der Waals surface area contributed by atoms with Gasteiger partial charge in [0.15, 0.2) is 0 Å². The first-order valence-electron chi connectivity index (χ1n) is 7.56. The summed E-state index contributed by atoms with van der Waals surface area (Å²) in [6, 6.07) is 5.31. The maximum atomic E-state index is 12.5. The first-order chi connectivity index (χ1) is 11.5. The molecule has 6 nitrogen and oxygen atoms in total. The molecule has 1 aliphatic heterocycles. The fourth-order valence-electron chi connectivity index (χ4n) is 2.74. The molecule has 1 amide bonds. The second-order valence-electron chi connectivity index (χ2n) is 5.73.